The fourth-order valence-electron chi connectivity index (χ4n) is 2.69. The maximum atomic E-state index is 12.7. The van der Waals surface area contributed by atoms with Gasteiger partial charge in [-0.25, -0.2) is 4.98 Å². The van der Waals surface area contributed by atoms with E-state index < -0.39 is 16.7 Å². The maximum absolute atomic E-state index is 12.7. The van der Waals surface area contributed by atoms with Crippen molar-refractivity contribution in [3.8, 4) is 6.07 Å². The number of hydrogen-bond donors (Lipinski definition) is 1. The van der Waals surface area contributed by atoms with E-state index in [-0.39, 0.29) is 11.8 Å². The van der Waals surface area contributed by atoms with Crippen molar-refractivity contribution in [1.82, 2.24) is 4.98 Å². The normalized spacial score (nSPS) is 15.9. The number of hydrogen-bond acceptors (Lipinski definition) is 7. The Kier molecular flexibility index (Phi) is 6.32. The van der Waals surface area contributed by atoms with E-state index in [1.165, 1.54) is 6.20 Å². The minimum absolute atomic E-state index is 0.0141. The Morgan fingerprint density at radius 2 is 2.07 bits per heavy atom. The SMILES string of the molecule is CS(=O)c1ccc(C(=NOC2CCCC2)C(=O)Nc2ncc(C#N)s2)cc1. The maximum Gasteiger partial charge on any atom is 0.280 e. The van der Waals surface area contributed by atoms with Gasteiger partial charge >= 0.3 is 0 Å². The average Bonchev–Trinajstić information content (AvgIpc) is 3.34. The van der Waals surface area contributed by atoms with Crippen LogP contribution in [0.25, 0.3) is 0 Å². The highest BCUT2D eigenvalue weighted by Gasteiger charge is 2.20. The van der Waals surface area contributed by atoms with Crippen molar-refractivity contribution in [3.63, 3.8) is 0 Å². The van der Waals surface area contributed by atoms with E-state index in [0.29, 0.717) is 20.5 Å². The van der Waals surface area contributed by atoms with Crippen LogP contribution >= 0.6 is 11.3 Å². The smallest absolute Gasteiger partial charge is 0.280 e. The second-order valence-electron chi connectivity index (χ2n) is 6.03. The van der Waals surface area contributed by atoms with Crippen LogP contribution in [-0.2, 0) is 20.4 Å². The van der Waals surface area contributed by atoms with Gasteiger partial charge in [-0.2, -0.15) is 5.26 Å². The molecule has 7 nitrogen and oxygen atoms in total. The molecule has 1 amide bonds. The Morgan fingerprint density at radius 1 is 1.37 bits per heavy atom. The highest BCUT2D eigenvalue weighted by molar-refractivity contribution is 7.84. The molecular weight excluding hydrogens is 384 g/mol. The second-order valence-corrected chi connectivity index (χ2v) is 8.44. The second kappa shape index (κ2) is 8.88. The number of carbonyl (C=O) groups excluding carboxylic acids is 1. The molecule has 1 aromatic carbocycles. The van der Waals surface area contributed by atoms with Gasteiger partial charge in [0.05, 0.1) is 6.20 Å². The lowest BCUT2D eigenvalue weighted by molar-refractivity contribution is -0.110. The predicted molar refractivity (Wildman–Crippen MR) is 104 cm³/mol. The first kappa shape index (κ1) is 19.2. The number of amides is 1. The number of rotatable bonds is 6. The van der Waals surface area contributed by atoms with Crippen LogP contribution < -0.4 is 5.32 Å². The Labute approximate surface area is 163 Å². The molecule has 0 spiro atoms. The summed E-state index contributed by atoms with van der Waals surface area (Å²) in [6.45, 7) is 0. The summed E-state index contributed by atoms with van der Waals surface area (Å²) in [6.07, 6.45) is 7.03. The zero-order valence-electron chi connectivity index (χ0n) is 14.7. The number of anilines is 1. The van der Waals surface area contributed by atoms with Crippen LogP contribution in [0.5, 0.6) is 0 Å². The molecule has 140 valence electrons. The molecular formula is C18H18N4O3S2. The summed E-state index contributed by atoms with van der Waals surface area (Å²) in [5, 5.41) is 16.0. The number of benzene rings is 1. The highest BCUT2D eigenvalue weighted by Crippen LogP contribution is 2.22. The van der Waals surface area contributed by atoms with Gasteiger partial charge in [0.2, 0.25) is 0 Å². The van der Waals surface area contributed by atoms with Crippen LogP contribution in [0.4, 0.5) is 5.13 Å². The molecule has 0 aliphatic heterocycles. The molecule has 2 aromatic rings. The molecule has 0 bridgehead atoms. The van der Waals surface area contributed by atoms with E-state index in [1.807, 2.05) is 6.07 Å². The minimum atomic E-state index is -1.11. The number of nitrogens with one attached hydrogen (secondary N) is 1. The zero-order valence-corrected chi connectivity index (χ0v) is 16.3. The third kappa shape index (κ3) is 4.99. The molecule has 27 heavy (non-hydrogen) atoms. The number of nitrogens with zero attached hydrogens (tertiary/aromatic N) is 3. The van der Waals surface area contributed by atoms with Crippen molar-refractivity contribution in [1.29, 1.82) is 5.26 Å². The third-order valence-electron chi connectivity index (χ3n) is 4.11. The first-order valence-corrected chi connectivity index (χ1v) is 10.8. The summed E-state index contributed by atoms with van der Waals surface area (Å²) in [7, 11) is -1.11. The molecule has 1 heterocycles. The molecule has 0 saturated heterocycles. The molecule has 1 aliphatic carbocycles. The number of oxime groups is 1. The summed E-state index contributed by atoms with van der Waals surface area (Å²) in [6, 6.07) is 8.75. The van der Waals surface area contributed by atoms with Crippen molar-refractivity contribution in [2.75, 3.05) is 11.6 Å². The van der Waals surface area contributed by atoms with E-state index in [0.717, 1.165) is 37.0 Å². The van der Waals surface area contributed by atoms with E-state index in [2.05, 4.69) is 15.5 Å². The van der Waals surface area contributed by atoms with Crippen LogP contribution in [-0.4, -0.2) is 33.2 Å². The van der Waals surface area contributed by atoms with Gasteiger partial charge in [-0.1, -0.05) is 28.6 Å². The third-order valence-corrected chi connectivity index (χ3v) is 5.86. The topological polar surface area (TPSA) is 104 Å². The molecule has 1 fully saturated rings. The van der Waals surface area contributed by atoms with Crippen LogP contribution in [0.2, 0.25) is 0 Å². The van der Waals surface area contributed by atoms with E-state index in [9.17, 15) is 9.00 Å². The van der Waals surface area contributed by atoms with Crippen LogP contribution in [0, 0.1) is 11.3 Å². The van der Waals surface area contributed by atoms with Crippen LogP contribution in [0.1, 0.15) is 36.1 Å². The molecule has 0 radical (unpaired) electrons. The van der Waals surface area contributed by atoms with Gasteiger partial charge in [0.15, 0.2) is 10.8 Å². The molecule has 9 heteroatoms. The highest BCUT2D eigenvalue weighted by atomic mass is 32.2. The summed E-state index contributed by atoms with van der Waals surface area (Å²) in [5.74, 6) is -0.475. The summed E-state index contributed by atoms with van der Waals surface area (Å²) in [5.41, 5.74) is 0.667. The van der Waals surface area contributed by atoms with E-state index in [1.54, 1.807) is 30.5 Å². The quantitative estimate of drug-likeness (QED) is 0.591. The van der Waals surface area contributed by atoms with Crippen molar-refractivity contribution < 1.29 is 13.8 Å². The van der Waals surface area contributed by atoms with Crippen LogP contribution in [0.15, 0.2) is 40.5 Å². The van der Waals surface area contributed by atoms with Gasteiger partial charge in [0, 0.05) is 27.5 Å². The van der Waals surface area contributed by atoms with Crippen molar-refractivity contribution >= 4 is 38.9 Å². The first-order valence-electron chi connectivity index (χ1n) is 8.42. The fourth-order valence-corrected chi connectivity index (χ4v) is 3.82. The fraction of sp³-hybridized carbons (Fsp3) is 0.333. The summed E-state index contributed by atoms with van der Waals surface area (Å²) >= 11 is 1.08. The Morgan fingerprint density at radius 3 is 2.67 bits per heavy atom. The lowest BCUT2D eigenvalue weighted by Gasteiger charge is -2.10. The largest absolute Gasteiger partial charge is 0.392 e. The zero-order chi connectivity index (χ0) is 19.2. The summed E-state index contributed by atoms with van der Waals surface area (Å²) in [4.78, 5) is 23.4. The van der Waals surface area contributed by atoms with E-state index in [4.69, 9.17) is 10.1 Å². The minimum Gasteiger partial charge on any atom is -0.392 e. The molecule has 1 saturated carbocycles. The van der Waals surface area contributed by atoms with Gasteiger partial charge in [-0.15, -0.1) is 0 Å². The van der Waals surface area contributed by atoms with Gasteiger partial charge < -0.3 is 4.84 Å². The Balaban J connectivity index is 1.83. The predicted octanol–water partition coefficient (Wildman–Crippen LogP) is 3.05. The molecule has 3 rings (SSSR count). The Bertz CT molecular complexity index is 909. The van der Waals surface area contributed by atoms with Gasteiger partial charge in [-0.3, -0.25) is 14.3 Å². The standard InChI is InChI=1S/C18H18N4O3S2/c1-27(24)15-8-6-12(7-9-15)16(22-25-13-4-2-3-5-13)17(23)21-18-20-11-14(10-19)26-18/h6-9,11,13H,2-5H2,1H3,(H,20,21,23). The molecule has 1 aromatic heterocycles. The number of carbonyl (C=O) groups is 1. The first-order chi connectivity index (χ1) is 13.1. The number of nitriles is 1. The summed E-state index contributed by atoms with van der Waals surface area (Å²) < 4.78 is 11.6. The van der Waals surface area contributed by atoms with Gasteiger partial charge in [0.25, 0.3) is 5.91 Å². The van der Waals surface area contributed by atoms with E-state index >= 15 is 0 Å². The van der Waals surface area contributed by atoms with Crippen molar-refractivity contribution in [3.05, 3.63) is 40.9 Å². The van der Waals surface area contributed by atoms with Crippen LogP contribution in [0.3, 0.4) is 0 Å². The van der Waals surface area contributed by atoms with Crippen molar-refractivity contribution in [2.45, 2.75) is 36.7 Å². The number of thiazole rings is 1. The lowest BCUT2D eigenvalue weighted by atomic mass is 10.1. The lowest BCUT2D eigenvalue weighted by Crippen LogP contribution is -2.25. The number of aromatic nitrogens is 1. The molecule has 1 N–H and O–H groups in total. The van der Waals surface area contributed by atoms with Gasteiger partial charge in [0.1, 0.15) is 17.1 Å². The molecule has 1 unspecified atom stereocenters. The Hall–Kier alpha value is -2.57. The molecule has 1 aliphatic rings. The van der Waals surface area contributed by atoms with Crippen molar-refractivity contribution in [2.24, 2.45) is 5.16 Å². The van der Waals surface area contributed by atoms with Gasteiger partial charge in [-0.05, 0) is 37.8 Å². The average molecular weight is 403 g/mol. The molecule has 1 atom stereocenters. The monoisotopic (exact) mass is 402 g/mol.